The summed E-state index contributed by atoms with van der Waals surface area (Å²) in [5.74, 6) is 2.33. The van der Waals surface area contributed by atoms with Crippen molar-refractivity contribution in [2.75, 3.05) is 31.1 Å². The summed E-state index contributed by atoms with van der Waals surface area (Å²) in [5, 5.41) is 10.1. The quantitative estimate of drug-likeness (QED) is 0.475. The van der Waals surface area contributed by atoms with Gasteiger partial charge in [-0.05, 0) is 37.0 Å². The first kappa shape index (κ1) is 20.0. The van der Waals surface area contributed by atoms with Crippen LogP contribution in [0.3, 0.4) is 0 Å². The molecule has 6 rings (SSSR count). The summed E-state index contributed by atoms with van der Waals surface area (Å²) in [5.41, 5.74) is 2.77. The maximum atomic E-state index is 12.7. The number of fused-ring (bicyclic) bond motifs is 3. The lowest BCUT2D eigenvalue weighted by atomic mass is 10.2. The molecular weight excluding hydrogens is 416 g/mol. The molecule has 1 aliphatic heterocycles. The molecule has 8 heteroatoms. The van der Waals surface area contributed by atoms with Crippen molar-refractivity contribution in [2.45, 2.75) is 31.8 Å². The lowest BCUT2D eigenvalue weighted by Gasteiger charge is -2.24. The third-order valence-corrected chi connectivity index (χ3v) is 6.44. The number of aromatic nitrogens is 4. The van der Waals surface area contributed by atoms with E-state index >= 15 is 0 Å². The Morgan fingerprint density at radius 3 is 2.61 bits per heavy atom. The van der Waals surface area contributed by atoms with Crippen molar-refractivity contribution >= 4 is 28.6 Å². The standard InChI is InChI=1S/C25H26N6O2/c32-25(33-17-18-7-2-1-3-8-18)30-14-6-13-29(15-16-30)24-26-21-10-5-4-9-20(21)23-28-27-22(31(23)24)19-11-12-19/h1-5,7-10,19H,6,11-17H2. The fourth-order valence-electron chi connectivity index (χ4n) is 4.51. The van der Waals surface area contributed by atoms with E-state index in [-0.39, 0.29) is 12.7 Å². The number of amides is 1. The van der Waals surface area contributed by atoms with Crippen LogP contribution in [-0.4, -0.2) is 56.8 Å². The van der Waals surface area contributed by atoms with Crippen LogP contribution >= 0.6 is 0 Å². The van der Waals surface area contributed by atoms with Gasteiger partial charge in [0.25, 0.3) is 0 Å². The third-order valence-electron chi connectivity index (χ3n) is 6.44. The summed E-state index contributed by atoms with van der Waals surface area (Å²) in [7, 11) is 0. The smallest absolute Gasteiger partial charge is 0.410 e. The lowest BCUT2D eigenvalue weighted by molar-refractivity contribution is 0.0986. The van der Waals surface area contributed by atoms with Gasteiger partial charge in [0.2, 0.25) is 5.95 Å². The van der Waals surface area contributed by atoms with Crippen molar-refractivity contribution in [1.82, 2.24) is 24.5 Å². The summed E-state index contributed by atoms with van der Waals surface area (Å²) in [6.45, 7) is 3.04. The molecule has 1 saturated heterocycles. The Labute approximate surface area is 191 Å². The van der Waals surface area contributed by atoms with Gasteiger partial charge in [0.05, 0.1) is 5.52 Å². The molecule has 0 bridgehead atoms. The lowest BCUT2D eigenvalue weighted by Crippen LogP contribution is -2.36. The molecule has 1 aliphatic carbocycles. The molecular formula is C25H26N6O2. The zero-order chi connectivity index (χ0) is 22.2. The molecule has 4 aromatic rings. The second-order valence-corrected chi connectivity index (χ2v) is 8.79. The highest BCUT2D eigenvalue weighted by Crippen LogP contribution is 2.40. The van der Waals surface area contributed by atoms with Crippen LogP contribution in [0.1, 0.15) is 36.6 Å². The number of nitrogens with zero attached hydrogens (tertiary/aromatic N) is 6. The fourth-order valence-corrected chi connectivity index (χ4v) is 4.51. The summed E-state index contributed by atoms with van der Waals surface area (Å²) in [6, 6.07) is 17.9. The van der Waals surface area contributed by atoms with Crippen molar-refractivity contribution in [2.24, 2.45) is 0 Å². The van der Waals surface area contributed by atoms with Gasteiger partial charge in [-0.3, -0.25) is 0 Å². The van der Waals surface area contributed by atoms with Crippen LogP contribution in [-0.2, 0) is 11.3 Å². The van der Waals surface area contributed by atoms with Crippen LogP contribution < -0.4 is 4.90 Å². The maximum Gasteiger partial charge on any atom is 0.410 e. The molecule has 0 N–H and O–H groups in total. The average Bonchev–Trinajstić information content (AvgIpc) is 3.65. The van der Waals surface area contributed by atoms with Crippen LogP contribution in [0.15, 0.2) is 54.6 Å². The van der Waals surface area contributed by atoms with Gasteiger partial charge in [-0.25, -0.2) is 14.2 Å². The highest BCUT2D eigenvalue weighted by molar-refractivity contribution is 5.92. The van der Waals surface area contributed by atoms with E-state index in [1.54, 1.807) is 4.90 Å². The zero-order valence-corrected chi connectivity index (χ0v) is 18.4. The maximum absolute atomic E-state index is 12.7. The number of rotatable bonds is 4. The topological polar surface area (TPSA) is 75.9 Å². The first-order valence-electron chi connectivity index (χ1n) is 11.6. The van der Waals surface area contributed by atoms with Crippen LogP contribution in [0.25, 0.3) is 16.6 Å². The van der Waals surface area contributed by atoms with Crippen LogP contribution in [0.4, 0.5) is 10.7 Å². The normalized spacial score (nSPS) is 16.8. The molecule has 1 saturated carbocycles. The summed E-state index contributed by atoms with van der Waals surface area (Å²) < 4.78 is 7.71. The fraction of sp³-hybridized carbons (Fsp3) is 0.360. The third kappa shape index (κ3) is 3.86. The van der Waals surface area contributed by atoms with Crippen LogP contribution in [0.5, 0.6) is 0 Å². The molecule has 2 aromatic heterocycles. The van der Waals surface area contributed by atoms with Crippen molar-refractivity contribution in [1.29, 1.82) is 0 Å². The van der Waals surface area contributed by atoms with Gasteiger partial charge in [0, 0.05) is 37.5 Å². The van der Waals surface area contributed by atoms with Crippen LogP contribution in [0.2, 0.25) is 0 Å². The Morgan fingerprint density at radius 1 is 0.939 bits per heavy atom. The van der Waals surface area contributed by atoms with E-state index in [1.807, 2.05) is 48.5 Å². The molecule has 1 amide bonds. The largest absolute Gasteiger partial charge is 0.445 e. The Kier molecular flexibility index (Phi) is 5.05. The van der Waals surface area contributed by atoms with Crippen molar-refractivity contribution in [3.8, 4) is 0 Å². The van der Waals surface area contributed by atoms with Gasteiger partial charge < -0.3 is 14.5 Å². The van der Waals surface area contributed by atoms with E-state index in [0.29, 0.717) is 25.6 Å². The van der Waals surface area contributed by atoms with Gasteiger partial charge >= 0.3 is 6.09 Å². The Balaban J connectivity index is 1.25. The molecule has 3 heterocycles. The van der Waals surface area contributed by atoms with Gasteiger partial charge in [0.1, 0.15) is 12.4 Å². The molecule has 0 spiro atoms. The van der Waals surface area contributed by atoms with Crippen molar-refractivity contribution < 1.29 is 9.53 Å². The average molecular weight is 443 g/mol. The Hall–Kier alpha value is -3.68. The highest BCUT2D eigenvalue weighted by Gasteiger charge is 2.32. The van der Waals surface area contributed by atoms with E-state index < -0.39 is 0 Å². The molecule has 0 atom stereocenters. The molecule has 8 nitrogen and oxygen atoms in total. The number of hydrogen-bond donors (Lipinski definition) is 0. The number of anilines is 1. The molecule has 0 radical (unpaired) electrons. The molecule has 33 heavy (non-hydrogen) atoms. The number of ether oxygens (including phenoxy) is 1. The van der Waals surface area contributed by atoms with Gasteiger partial charge in [-0.15, -0.1) is 10.2 Å². The van der Waals surface area contributed by atoms with E-state index in [4.69, 9.17) is 9.72 Å². The zero-order valence-electron chi connectivity index (χ0n) is 18.4. The first-order valence-corrected chi connectivity index (χ1v) is 11.6. The minimum absolute atomic E-state index is 0.264. The van der Waals surface area contributed by atoms with Crippen LogP contribution in [0, 0.1) is 0 Å². The van der Waals surface area contributed by atoms with E-state index in [0.717, 1.165) is 59.7 Å². The molecule has 2 fully saturated rings. The molecule has 2 aromatic carbocycles. The Morgan fingerprint density at radius 2 is 1.76 bits per heavy atom. The summed E-state index contributed by atoms with van der Waals surface area (Å²) >= 11 is 0. The number of carbonyl (C=O) groups excluding carboxylic acids is 1. The monoisotopic (exact) mass is 442 g/mol. The summed E-state index contributed by atoms with van der Waals surface area (Å²) in [6.07, 6.45) is 2.87. The second-order valence-electron chi connectivity index (χ2n) is 8.79. The number of para-hydroxylation sites is 1. The van der Waals surface area contributed by atoms with Crippen molar-refractivity contribution in [3.63, 3.8) is 0 Å². The van der Waals surface area contributed by atoms with Gasteiger partial charge in [0.15, 0.2) is 5.65 Å². The molecule has 2 aliphatic rings. The number of hydrogen-bond acceptors (Lipinski definition) is 6. The molecule has 0 unspecified atom stereocenters. The summed E-state index contributed by atoms with van der Waals surface area (Å²) in [4.78, 5) is 21.8. The van der Waals surface area contributed by atoms with Gasteiger partial charge in [-0.1, -0.05) is 42.5 Å². The van der Waals surface area contributed by atoms with E-state index in [1.165, 1.54) is 0 Å². The van der Waals surface area contributed by atoms with Crippen molar-refractivity contribution in [3.05, 3.63) is 66.0 Å². The Bertz CT molecular complexity index is 1300. The predicted octanol–water partition coefficient (Wildman–Crippen LogP) is 4.00. The highest BCUT2D eigenvalue weighted by atomic mass is 16.6. The number of carbonyl (C=O) groups is 1. The number of benzene rings is 2. The second kappa shape index (κ2) is 8.35. The SMILES string of the molecule is O=C(OCc1ccccc1)N1CCCN(c2nc3ccccc3c3nnc(C4CC4)n23)CC1. The first-order chi connectivity index (χ1) is 16.3. The van der Waals surface area contributed by atoms with Gasteiger partial charge in [-0.2, -0.15) is 0 Å². The predicted molar refractivity (Wildman–Crippen MR) is 125 cm³/mol. The minimum Gasteiger partial charge on any atom is -0.445 e. The van der Waals surface area contributed by atoms with E-state index in [9.17, 15) is 4.79 Å². The molecule has 168 valence electrons. The van der Waals surface area contributed by atoms with E-state index in [2.05, 4.69) is 25.6 Å². The minimum atomic E-state index is -0.264.